The van der Waals surface area contributed by atoms with E-state index >= 15 is 0 Å². The molecule has 0 saturated carbocycles. The maximum absolute atomic E-state index is 14.3. The van der Waals surface area contributed by atoms with Gasteiger partial charge in [-0.3, -0.25) is 28.8 Å². The number of ether oxygens (including phenoxy) is 2. The van der Waals surface area contributed by atoms with E-state index in [-0.39, 0.29) is 59.9 Å². The normalized spacial score (nSPS) is 20.7. The highest BCUT2D eigenvalue weighted by atomic mass is 16.5. The fraction of sp³-hybridized carbons (Fsp3) is 0.484. The zero-order chi connectivity index (χ0) is 53.6. The Morgan fingerprint density at radius 3 is 1.33 bits per heavy atom. The highest BCUT2D eigenvalue weighted by Gasteiger charge is 2.41. The zero-order valence-electron chi connectivity index (χ0n) is 44.9. The number of aryl methyl sites for hydroxylation is 2. The van der Waals surface area contributed by atoms with Crippen LogP contribution in [0.25, 0.3) is 0 Å². The zero-order valence-corrected chi connectivity index (χ0v) is 44.9. The van der Waals surface area contributed by atoms with Gasteiger partial charge in [-0.25, -0.2) is 0 Å². The summed E-state index contributed by atoms with van der Waals surface area (Å²) in [4.78, 5) is 86.2. The lowest BCUT2D eigenvalue weighted by molar-refractivity contribution is -0.141. The SMILES string of the molecule is CN[C@@H](C)C(=O)NC(Cc1ccc(OC/C=C/COc2ccc(C[C@H](NC(=O)[C@H](C)NC)C(=O)N3CCC[C@H]3C(=O)C[C@@H]3CCCc4ccccc43)cc2)cc1)C(=O)N1CCC[C@H]1C(=O)C[C@@H]1CCCc2ccccc21. The summed E-state index contributed by atoms with van der Waals surface area (Å²) in [5.74, 6) is 0.733. The first-order valence-electron chi connectivity index (χ1n) is 27.8. The molecule has 76 heavy (non-hydrogen) atoms. The van der Waals surface area contributed by atoms with Crippen LogP contribution >= 0.6 is 0 Å². The quantitative estimate of drug-likeness (QED) is 0.0530. The minimum Gasteiger partial charge on any atom is -0.490 e. The van der Waals surface area contributed by atoms with Crippen LogP contribution in [0.1, 0.15) is 123 Å². The largest absolute Gasteiger partial charge is 0.490 e. The van der Waals surface area contributed by atoms with Crippen molar-refractivity contribution in [2.45, 2.75) is 152 Å². The monoisotopic (exact) mass is 1030 g/mol. The highest BCUT2D eigenvalue weighted by Crippen LogP contribution is 2.37. The maximum Gasteiger partial charge on any atom is 0.246 e. The molecule has 4 amide bonds. The molecule has 2 saturated heterocycles. The first-order valence-corrected chi connectivity index (χ1v) is 27.8. The Hall–Kier alpha value is -6.64. The summed E-state index contributed by atoms with van der Waals surface area (Å²) in [5.41, 5.74) is 6.82. The molecule has 2 aliphatic carbocycles. The van der Waals surface area contributed by atoms with Crippen LogP contribution in [0.2, 0.25) is 0 Å². The molecular weight excluding hydrogens is 957 g/mol. The van der Waals surface area contributed by atoms with Crippen molar-refractivity contribution in [1.82, 2.24) is 31.1 Å². The van der Waals surface area contributed by atoms with Crippen LogP contribution in [-0.4, -0.2) is 122 Å². The Labute approximate surface area is 449 Å². The molecule has 4 aliphatic rings. The van der Waals surface area contributed by atoms with Gasteiger partial charge < -0.3 is 40.5 Å². The number of Topliss-reactive ketones (excluding diaryl/α,β-unsaturated/α-hetero) is 2. The molecule has 8 rings (SSSR count). The van der Waals surface area contributed by atoms with E-state index in [1.54, 1.807) is 37.7 Å². The smallest absolute Gasteiger partial charge is 0.246 e. The Balaban J connectivity index is 0.813. The third-order valence-electron chi connectivity index (χ3n) is 16.2. The van der Waals surface area contributed by atoms with Crippen LogP contribution in [0.15, 0.2) is 109 Å². The van der Waals surface area contributed by atoms with Gasteiger partial charge in [0.05, 0.1) is 24.2 Å². The minimum atomic E-state index is -0.847. The summed E-state index contributed by atoms with van der Waals surface area (Å²) in [6, 6.07) is 28.0. The maximum atomic E-state index is 14.3. The molecular formula is C62H78N6O8. The average Bonchev–Trinajstić information content (AvgIpc) is 4.16. The number of nitrogens with zero attached hydrogens (tertiary/aromatic N) is 2. The lowest BCUT2D eigenvalue weighted by Crippen LogP contribution is -2.55. The van der Waals surface area contributed by atoms with Crippen LogP contribution in [0.4, 0.5) is 0 Å². The standard InChI is InChI=1S/C62H78N6O8/c1-41(63-3)59(71)65-53(61(73)67-33-13-23-55(67)57(69)39-47-19-11-17-45-15-5-7-21-51(45)47)37-43-25-29-49(30-26-43)75-35-9-10-36-76-50-31-27-44(28-32-50)38-54(66-60(72)42(2)64-4)62(74)68-34-14-24-56(68)58(70)40-48-20-12-18-46-16-6-8-22-52(46)48/h5-10,15-16,21-22,25-32,41-42,47-48,53-56,63-64H,11-14,17-20,23-24,33-40H2,1-4H3,(H,65,71)(H,66,72)/b10-9+/t41-,42-,47-,48-,53-,54?,55-,56-/m0/s1. The van der Waals surface area contributed by atoms with E-state index in [4.69, 9.17) is 9.47 Å². The van der Waals surface area contributed by atoms with E-state index in [1.807, 2.05) is 72.8 Å². The second-order valence-electron chi connectivity index (χ2n) is 21.2. The molecule has 14 heteroatoms. The van der Waals surface area contributed by atoms with Gasteiger partial charge in [-0.1, -0.05) is 72.8 Å². The van der Waals surface area contributed by atoms with Gasteiger partial charge in [0.15, 0.2) is 11.6 Å². The molecule has 0 bridgehead atoms. The molecule has 4 N–H and O–H groups in total. The van der Waals surface area contributed by atoms with Crippen molar-refractivity contribution in [2.24, 2.45) is 0 Å². The molecule has 4 aromatic rings. The summed E-state index contributed by atoms with van der Waals surface area (Å²) >= 11 is 0. The summed E-state index contributed by atoms with van der Waals surface area (Å²) in [6.45, 7) is 5.04. The van der Waals surface area contributed by atoms with Gasteiger partial charge in [-0.15, -0.1) is 0 Å². The van der Waals surface area contributed by atoms with Crippen molar-refractivity contribution in [3.8, 4) is 11.5 Å². The first-order chi connectivity index (χ1) is 36.9. The molecule has 0 aromatic heterocycles. The van der Waals surface area contributed by atoms with Crippen LogP contribution in [-0.2, 0) is 54.5 Å². The lowest BCUT2D eigenvalue weighted by Gasteiger charge is -2.31. The number of hydrogen-bond donors (Lipinski definition) is 4. The number of carbonyl (C=O) groups excluding carboxylic acids is 6. The number of nitrogens with one attached hydrogen (secondary N) is 4. The summed E-state index contributed by atoms with van der Waals surface area (Å²) < 4.78 is 12.0. The van der Waals surface area contributed by atoms with Gasteiger partial charge in [0.2, 0.25) is 23.6 Å². The lowest BCUT2D eigenvalue weighted by atomic mass is 9.79. The predicted octanol–water partition coefficient (Wildman–Crippen LogP) is 7.11. The van der Waals surface area contributed by atoms with Crippen molar-refractivity contribution in [2.75, 3.05) is 40.4 Å². The van der Waals surface area contributed by atoms with Gasteiger partial charge >= 0.3 is 0 Å². The summed E-state index contributed by atoms with van der Waals surface area (Å²) in [7, 11) is 3.40. The third kappa shape index (κ3) is 14.2. The Bertz CT molecular complexity index is 2490. The molecule has 0 spiro atoms. The topological polar surface area (TPSA) is 175 Å². The number of likely N-dealkylation sites (N-methyl/N-ethyl adjacent to an activating group) is 2. The van der Waals surface area contributed by atoms with Crippen molar-refractivity contribution in [3.05, 3.63) is 143 Å². The number of likely N-dealkylation sites (tertiary alicyclic amines) is 2. The van der Waals surface area contributed by atoms with Crippen LogP contribution < -0.4 is 30.7 Å². The number of benzene rings is 4. The Kier molecular flexibility index (Phi) is 19.7. The van der Waals surface area contributed by atoms with Gasteiger partial charge in [0.1, 0.15) is 36.8 Å². The average molecular weight is 1040 g/mol. The molecule has 2 aliphatic heterocycles. The molecule has 2 fully saturated rings. The van der Waals surface area contributed by atoms with Crippen molar-refractivity contribution < 1.29 is 38.2 Å². The van der Waals surface area contributed by atoms with E-state index in [9.17, 15) is 28.8 Å². The second kappa shape index (κ2) is 26.9. The number of ketones is 2. The summed E-state index contributed by atoms with van der Waals surface area (Å²) in [5, 5.41) is 11.9. The number of fused-ring (bicyclic) bond motifs is 2. The Morgan fingerprint density at radius 2 is 0.934 bits per heavy atom. The molecule has 0 radical (unpaired) electrons. The Morgan fingerprint density at radius 1 is 0.539 bits per heavy atom. The molecule has 1 unspecified atom stereocenters. The molecule has 404 valence electrons. The van der Waals surface area contributed by atoms with Crippen molar-refractivity contribution >= 4 is 35.2 Å². The van der Waals surface area contributed by atoms with Crippen molar-refractivity contribution in [3.63, 3.8) is 0 Å². The van der Waals surface area contributed by atoms with E-state index in [2.05, 4.69) is 57.7 Å². The highest BCUT2D eigenvalue weighted by molar-refractivity contribution is 5.95. The fourth-order valence-electron chi connectivity index (χ4n) is 11.6. The van der Waals surface area contributed by atoms with Gasteiger partial charge in [-0.2, -0.15) is 0 Å². The number of hydrogen-bond acceptors (Lipinski definition) is 10. The number of amides is 4. The van der Waals surface area contributed by atoms with Crippen molar-refractivity contribution in [1.29, 1.82) is 0 Å². The molecule has 4 aromatic carbocycles. The number of rotatable bonds is 24. The first kappa shape index (κ1) is 55.6. The minimum absolute atomic E-state index is 0.0930. The van der Waals surface area contributed by atoms with Crippen LogP contribution in [0, 0.1) is 0 Å². The number of carbonyl (C=O) groups is 6. The van der Waals surface area contributed by atoms with E-state index in [1.165, 1.54) is 22.3 Å². The van der Waals surface area contributed by atoms with Crippen LogP contribution in [0.3, 0.4) is 0 Å². The molecule has 8 atom stereocenters. The van der Waals surface area contributed by atoms with Crippen LogP contribution in [0.5, 0.6) is 11.5 Å². The van der Waals surface area contributed by atoms with Gasteiger partial charge in [-0.05, 0) is 174 Å². The molecule has 14 nitrogen and oxygen atoms in total. The van der Waals surface area contributed by atoms with E-state index in [0.717, 1.165) is 62.5 Å². The fourth-order valence-corrected chi connectivity index (χ4v) is 11.6. The van der Waals surface area contributed by atoms with Gasteiger partial charge in [0.25, 0.3) is 0 Å². The second-order valence-corrected chi connectivity index (χ2v) is 21.2. The molecule has 2 heterocycles. The van der Waals surface area contributed by atoms with E-state index in [0.29, 0.717) is 63.5 Å². The van der Waals surface area contributed by atoms with Gasteiger partial charge in [0, 0.05) is 38.8 Å². The van der Waals surface area contributed by atoms with E-state index < -0.39 is 36.3 Å². The summed E-state index contributed by atoms with van der Waals surface area (Å²) in [6.07, 6.45) is 13.9. The predicted molar refractivity (Wildman–Crippen MR) is 294 cm³/mol. The third-order valence-corrected chi connectivity index (χ3v) is 16.2.